The maximum Gasteiger partial charge on any atom is 0.123 e. The Kier molecular flexibility index (Phi) is 3.98. The van der Waals surface area contributed by atoms with Crippen molar-refractivity contribution in [3.63, 3.8) is 0 Å². The predicted molar refractivity (Wildman–Crippen MR) is 96.4 cm³/mol. The average molecular weight is 323 g/mol. The van der Waals surface area contributed by atoms with Gasteiger partial charge in [-0.2, -0.15) is 0 Å². The average Bonchev–Trinajstić information content (AvgIpc) is 3.19. The van der Waals surface area contributed by atoms with E-state index in [2.05, 4.69) is 21.7 Å². The number of halogens is 1. The summed E-state index contributed by atoms with van der Waals surface area (Å²) in [4.78, 5) is 2.51. The largest absolute Gasteiger partial charge is 0.399 e. The molecule has 4 heteroatoms. The molecule has 4 rings (SSSR count). The summed E-state index contributed by atoms with van der Waals surface area (Å²) in [6, 6.07) is 12.8. The van der Waals surface area contributed by atoms with Crippen LogP contribution in [0.1, 0.15) is 24.0 Å². The number of nitrogens with two attached hydrogens (primary N) is 1. The zero-order valence-corrected chi connectivity index (χ0v) is 13.7. The number of aromatic nitrogens is 1. The molecule has 0 spiro atoms. The molecule has 0 bridgehead atoms. The van der Waals surface area contributed by atoms with Crippen LogP contribution in [0.4, 0.5) is 10.1 Å². The third-order valence-electron chi connectivity index (χ3n) is 4.85. The van der Waals surface area contributed by atoms with Crippen LogP contribution in [0.5, 0.6) is 0 Å². The summed E-state index contributed by atoms with van der Waals surface area (Å²) in [5.41, 5.74) is 10.4. The minimum Gasteiger partial charge on any atom is -0.399 e. The SMILES string of the molecule is Nc1ccc2c(CN3CCCC3)cn(Cc3ccc(F)cc3)c2c1. The second-order valence-electron chi connectivity index (χ2n) is 6.67. The first-order chi connectivity index (χ1) is 11.7. The number of rotatable bonds is 4. The Hall–Kier alpha value is -2.33. The van der Waals surface area contributed by atoms with Crippen LogP contribution in [-0.2, 0) is 13.1 Å². The molecule has 2 aromatic carbocycles. The Labute approximate surface area is 141 Å². The number of anilines is 1. The van der Waals surface area contributed by atoms with Gasteiger partial charge < -0.3 is 10.3 Å². The fraction of sp³-hybridized carbons (Fsp3) is 0.300. The maximum atomic E-state index is 13.1. The number of benzene rings is 2. The van der Waals surface area contributed by atoms with E-state index < -0.39 is 0 Å². The van der Waals surface area contributed by atoms with Crippen LogP contribution in [0.25, 0.3) is 10.9 Å². The molecule has 3 aromatic rings. The first kappa shape index (κ1) is 15.2. The standard InChI is InChI=1S/C20H22FN3/c21-17-5-3-15(4-6-17)12-24-14-16(13-23-9-1-2-10-23)19-8-7-18(22)11-20(19)24/h3-8,11,14H,1-2,9-10,12-13,22H2. The zero-order chi connectivity index (χ0) is 16.5. The van der Waals surface area contributed by atoms with Crippen molar-refractivity contribution in [1.29, 1.82) is 0 Å². The first-order valence-electron chi connectivity index (χ1n) is 8.53. The predicted octanol–water partition coefficient (Wildman–Crippen LogP) is 4.01. The number of hydrogen-bond donors (Lipinski definition) is 1. The van der Waals surface area contributed by atoms with E-state index in [9.17, 15) is 4.39 Å². The van der Waals surface area contributed by atoms with E-state index in [-0.39, 0.29) is 5.82 Å². The molecule has 0 radical (unpaired) electrons. The van der Waals surface area contributed by atoms with Crippen molar-refractivity contribution >= 4 is 16.6 Å². The van der Waals surface area contributed by atoms with Crippen molar-refractivity contribution in [3.8, 4) is 0 Å². The van der Waals surface area contributed by atoms with E-state index >= 15 is 0 Å². The van der Waals surface area contributed by atoms with E-state index in [0.717, 1.165) is 29.9 Å². The lowest BCUT2D eigenvalue weighted by molar-refractivity contribution is 0.332. The molecule has 0 amide bonds. The summed E-state index contributed by atoms with van der Waals surface area (Å²) < 4.78 is 15.4. The Balaban J connectivity index is 1.70. The van der Waals surface area contributed by atoms with Gasteiger partial charge in [-0.25, -0.2) is 4.39 Å². The number of fused-ring (bicyclic) bond motifs is 1. The molecule has 1 aliphatic heterocycles. The summed E-state index contributed by atoms with van der Waals surface area (Å²) in [7, 11) is 0. The molecule has 1 aliphatic rings. The molecule has 24 heavy (non-hydrogen) atoms. The third kappa shape index (κ3) is 3.02. The highest BCUT2D eigenvalue weighted by atomic mass is 19.1. The van der Waals surface area contributed by atoms with Crippen LogP contribution in [0.15, 0.2) is 48.7 Å². The summed E-state index contributed by atoms with van der Waals surface area (Å²) in [5, 5.41) is 1.26. The van der Waals surface area contributed by atoms with E-state index in [1.807, 2.05) is 24.3 Å². The van der Waals surface area contributed by atoms with Gasteiger partial charge in [-0.05, 0) is 61.3 Å². The van der Waals surface area contributed by atoms with Crippen molar-refractivity contribution in [1.82, 2.24) is 9.47 Å². The molecule has 0 unspecified atom stereocenters. The molecule has 0 aliphatic carbocycles. The number of nitrogen functional groups attached to an aromatic ring is 1. The molecular weight excluding hydrogens is 301 g/mol. The molecule has 1 saturated heterocycles. The van der Waals surface area contributed by atoms with Gasteiger partial charge in [0.2, 0.25) is 0 Å². The van der Waals surface area contributed by atoms with E-state index in [1.165, 1.54) is 49.0 Å². The van der Waals surface area contributed by atoms with E-state index in [0.29, 0.717) is 0 Å². The third-order valence-corrected chi connectivity index (χ3v) is 4.85. The molecule has 0 atom stereocenters. The Bertz CT molecular complexity index is 845. The van der Waals surface area contributed by atoms with Gasteiger partial charge in [0.25, 0.3) is 0 Å². The number of hydrogen-bond acceptors (Lipinski definition) is 2. The van der Waals surface area contributed by atoms with Gasteiger partial charge in [-0.15, -0.1) is 0 Å². The lowest BCUT2D eigenvalue weighted by atomic mass is 10.1. The van der Waals surface area contributed by atoms with Crippen molar-refractivity contribution in [2.45, 2.75) is 25.9 Å². The van der Waals surface area contributed by atoms with Crippen LogP contribution in [0.3, 0.4) is 0 Å². The van der Waals surface area contributed by atoms with Crippen LogP contribution < -0.4 is 5.73 Å². The van der Waals surface area contributed by atoms with Crippen molar-refractivity contribution in [2.24, 2.45) is 0 Å². The van der Waals surface area contributed by atoms with Gasteiger partial charge >= 0.3 is 0 Å². The van der Waals surface area contributed by atoms with E-state index in [1.54, 1.807) is 0 Å². The molecule has 2 N–H and O–H groups in total. The Morgan fingerprint density at radius 2 is 1.71 bits per heavy atom. The molecule has 3 nitrogen and oxygen atoms in total. The summed E-state index contributed by atoms with van der Waals surface area (Å²) in [6.45, 7) is 4.07. The summed E-state index contributed by atoms with van der Waals surface area (Å²) >= 11 is 0. The highest BCUT2D eigenvalue weighted by molar-refractivity contribution is 5.86. The minimum absolute atomic E-state index is 0.199. The van der Waals surface area contributed by atoms with Crippen LogP contribution in [0, 0.1) is 5.82 Å². The van der Waals surface area contributed by atoms with Crippen molar-refractivity contribution in [3.05, 3.63) is 65.6 Å². The fourth-order valence-electron chi connectivity index (χ4n) is 3.61. The number of likely N-dealkylation sites (tertiary alicyclic amines) is 1. The monoisotopic (exact) mass is 323 g/mol. The molecule has 1 aromatic heterocycles. The Morgan fingerprint density at radius 1 is 0.958 bits per heavy atom. The summed E-state index contributed by atoms with van der Waals surface area (Å²) in [5.74, 6) is -0.199. The van der Waals surface area contributed by atoms with Gasteiger partial charge in [-0.1, -0.05) is 18.2 Å². The second-order valence-corrected chi connectivity index (χ2v) is 6.67. The molecule has 2 heterocycles. The quantitative estimate of drug-likeness (QED) is 0.736. The number of nitrogens with zero attached hydrogens (tertiary/aromatic N) is 2. The zero-order valence-electron chi connectivity index (χ0n) is 13.7. The minimum atomic E-state index is -0.199. The van der Waals surface area contributed by atoms with Gasteiger partial charge in [0.1, 0.15) is 5.82 Å². The molecule has 124 valence electrons. The summed E-state index contributed by atoms with van der Waals surface area (Å²) in [6.07, 6.45) is 4.81. The van der Waals surface area contributed by atoms with E-state index in [4.69, 9.17) is 5.73 Å². The normalized spacial score (nSPS) is 15.4. The highest BCUT2D eigenvalue weighted by Crippen LogP contribution is 2.27. The maximum absolute atomic E-state index is 13.1. The van der Waals surface area contributed by atoms with Crippen molar-refractivity contribution < 1.29 is 4.39 Å². The van der Waals surface area contributed by atoms with Crippen LogP contribution in [0.2, 0.25) is 0 Å². The Morgan fingerprint density at radius 3 is 2.46 bits per heavy atom. The molecule has 1 fully saturated rings. The lowest BCUT2D eigenvalue weighted by Crippen LogP contribution is -2.18. The smallest absolute Gasteiger partial charge is 0.123 e. The fourth-order valence-corrected chi connectivity index (χ4v) is 3.61. The second kappa shape index (κ2) is 6.29. The van der Waals surface area contributed by atoms with Gasteiger partial charge in [0.05, 0.1) is 5.52 Å². The van der Waals surface area contributed by atoms with Crippen LogP contribution in [-0.4, -0.2) is 22.6 Å². The molecular formula is C20H22FN3. The van der Waals surface area contributed by atoms with Gasteiger partial charge in [0.15, 0.2) is 0 Å². The van der Waals surface area contributed by atoms with Crippen LogP contribution >= 0.6 is 0 Å². The van der Waals surface area contributed by atoms with Gasteiger partial charge in [-0.3, -0.25) is 4.90 Å². The van der Waals surface area contributed by atoms with Gasteiger partial charge in [0, 0.05) is 30.4 Å². The molecule has 0 saturated carbocycles. The van der Waals surface area contributed by atoms with Crippen molar-refractivity contribution in [2.75, 3.05) is 18.8 Å². The topological polar surface area (TPSA) is 34.2 Å². The lowest BCUT2D eigenvalue weighted by Gasteiger charge is -2.13. The highest BCUT2D eigenvalue weighted by Gasteiger charge is 2.16. The first-order valence-corrected chi connectivity index (χ1v) is 8.53.